The van der Waals surface area contributed by atoms with Crippen LogP contribution in [0.4, 0.5) is 0 Å². The highest BCUT2D eigenvalue weighted by Gasteiger charge is 2.10. The summed E-state index contributed by atoms with van der Waals surface area (Å²) in [5, 5.41) is 6.66. The number of hydrogen-bond donors (Lipinski definition) is 1. The second kappa shape index (κ2) is 7.39. The van der Waals surface area contributed by atoms with E-state index in [4.69, 9.17) is 0 Å². The molecule has 0 spiro atoms. The fourth-order valence-electron chi connectivity index (χ4n) is 2.06. The lowest BCUT2D eigenvalue weighted by Gasteiger charge is -2.05. The number of aromatic amines is 1. The maximum absolute atomic E-state index is 4.60. The average molecular weight is 387 g/mol. The van der Waals surface area contributed by atoms with Gasteiger partial charge < -0.3 is 4.98 Å². The Labute approximate surface area is 146 Å². The van der Waals surface area contributed by atoms with Crippen LogP contribution in [0.3, 0.4) is 0 Å². The summed E-state index contributed by atoms with van der Waals surface area (Å²) in [6, 6.07) is 12.0. The Balaban J connectivity index is 2.12. The highest BCUT2D eigenvalue weighted by Crippen LogP contribution is 2.28. The molecule has 0 amide bonds. The first kappa shape index (κ1) is 15.7. The molecule has 0 aliphatic carbocycles. The lowest BCUT2D eigenvalue weighted by atomic mass is 10.2. The summed E-state index contributed by atoms with van der Waals surface area (Å²) in [4.78, 5) is 8.47. The van der Waals surface area contributed by atoms with E-state index in [2.05, 4.69) is 49.0 Å². The number of H-pyrrole nitrogens is 1. The highest BCUT2D eigenvalue weighted by atomic mass is 79.9. The molecule has 2 aromatic heterocycles. The van der Waals surface area contributed by atoms with Crippen LogP contribution in [0.15, 0.2) is 75.2 Å². The van der Waals surface area contributed by atoms with E-state index in [1.807, 2.05) is 41.2 Å². The van der Waals surface area contributed by atoms with Gasteiger partial charge in [-0.25, -0.2) is 4.68 Å². The first-order valence-corrected chi connectivity index (χ1v) is 8.71. The van der Waals surface area contributed by atoms with Gasteiger partial charge in [-0.05, 0) is 18.2 Å². The summed E-state index contributed by atoms with van der Waals surface area (Å²) in [6.45, 7) is 4.29. The maximum Gasteiger partial charge on any atom is 0.206 e. The Morgan fingerprint density at radius 1 is 1.26 bits per heavy atom. The van der Waals surface area contributed by atoms with E-state index >= 15 is 0 Å². The molecule has 3 aromatic rings. The third kappa shape index (κ3) is 3.60. The van der Waals surface area contributed by atoms with Gasteiger partial charge in [-0.2, -0.15) is 5.10 Å². The molecule has 0 fully saturated rings. The largest absolute Gasteiger partial charge is 0.360 e. The molecule has 1 N–H and O–H groups in total. The van der Waals surface area contributed by atoms with Gasteiger partial charge in [0.25, 0.3) is 0 Å². The van der Waals surface area contributed by atoms with Crippen molar-refractivity contribution in [2.24, 2.45) is 10.1 Å². The summed E-state index contributed by atoms with van der Waals surface area (Å²) < 4.78 is 2.88. The van der Waals surface area contributed by atoms with Crippen LogP contribution >= 0.6 is 27.3 Å². The summed E-state index contributed by atoms with van der Waals surface area (Å²) in [5.41, 5.74) is 3.01. The summed E-state index contributed by atoms with van der Waals surface area (Å²) in [6.07, 6.45) is 5.44. The molecule has 0 aliphatic heterocycles. The smallest absolute Gasteiger partial charge is 0.206 e. The van der Waals surface area contributed by atoms with E-state index in [0.29, 0.717) is 6.54 Å². The minimum absolute atomic E-state index is 0.563. The van der Waals surface area contributed by atoms with Crippen LogP contribution in [0, 0.1) is 0 Å². The maximum atomic E-state index is 4.60. The van der Waals surface area contributed by atoms with Gasteiger partial charge in [-0.3, -0.25) is 4.99 Å². The number of halogens is 1. The Bertz CT molecular complexity index is 887. The third-order valence-corrected chi connectivity index (χ3v) is 4.67. The standard InChI is InChI=1S/C17H15BrN4S/c1-2-9-20-17-22(21-11-13-6-5-10-19-13)16(12-23-17)14-7-3-4-8-15(14)18/h2-8,10-12,19H,1,9H2. The molecule has 0 saturated heterocycles. The van der Waals surface area contributed by atoms with Gasteiger partial charge in [0.1, 0.15) is 0 Å². The van der Waals surface area contributed by atoms with Crippen molar-refractivity contribution in [3.63, 3.8) is 0 Å². The summed E-state index contributed by atoms with van der Waals surface area (Å²) >= 11 is 5.17. The number of nitrogens with one attached hydrogen (secondary N) is 1. The van der Waals surface area contributed by atoms with E-state index in [0.717, 1.165) is 26.2 Å². The molecule has 1 aromatic carbocycles. The SMILES string of the molecule is C=CCN=c1scc(-c2ccccc2Br)n1N=Cc1ccc[nH]1. The zero-order valence-corrected chi connectivity index (χ0v) is 14.7. The molecule has 0 radical (unpaired) electrons. The molecule has 0 aliphatic rings. The van der Waals surface area contributed by atoms with Gasteiger partial charge in [0.2, 0.25) is 4.80 Å². The first-order chi connectivity index (χ1) is 11.3. The Kier molecular flexibility index (Phi) is 5.05. The van der Waals surface area contributed by atoms with Crippen LogP contribution in [-0.2, 0) is 0 Å². The zero-order valence-electron chi connectivity index (χ0n) is 12.3. The van der Waals surface area contributed by atoms with E-state index in [1.54, 1.807) is 23.6 Å². The molecule has 0 saturated carbocycles. The number of benzene rings is 1. The second-order valence-electron chi connectivity index (χ2n) is 4.69. The Morgan fingerprint density at radius 3 is 2.87 bits per heavy atom. The van der Waals surface area contributed by atoms with E-state index in [9.17, 15) is 0 Å². The monoisotopic (exact) mass is 386 g/mol. The van der Waals surface area contributed by atoms with E-state index < -0.39 is 0 Å². The van der Waals surface area contributed by atoms with Crippen LogP contribution in [0.1, 0.15) is 5.69 Å². The van der Waals surface area contributed by atoms with Crippen LogP contribution < -0.4 is 4.80 Å². The van der Waals surface area contributed by atoms with Crippen molar-refractivity contribution in [2.75, 3.05) is 6.54 Å². The molecule has 0 unspecified atom stereocenters. The van der Waals surface area contributed by atoms with E-state index in [1.165, 1.54) is 0 Å². The normalized spacial score (nSPS) is 12.1. The van der Waals surface area contributed by atoms with Gasteiger partial charge in [0, 0.05) is 21.6 Å². The fraction of sp³-hybridized carbons (Fsp3) is 0.0588. The molecule has 116 valence electrons. The van der Waals surface area contributed by atoms with Crippen LogP contribution in [-0.4, -0.2) is 22.4 Å². The molecule has 23 heavy (non-hydrogen) atoms. The van der Waals surface area contributed by atoms with Gasteiger partial charge in [-0.1, -0.05) is 40.2 Å². The van der Waals surface area contributed by atoms with Crippen molar-refractivity contribution >= 4 is 33.5 Å². The fourth-order valence-corrected chi connectivity index (χ4v) is 3.39. The van der Waals surface area contributed by atoms with Crippen molar-refractivity contribution in [3.8, 4) is 11.3 Å². The van der Waals surface area contributed by atoms with Gasteiger partial charge >= 0.3 is 0 Å². The number of thiazole rings is 1. The van der Waals surface area contributed by atoms with Gasteiger partial charge in [0.15, 0.2) is 0 Å². The van der Waals surface area contributed by atoms with Gasteiger partial charge in [0.05, 0.1) is 24.1 Å². The Morgan fingerprint density at radius 2 is 2.13 bits per heavy atom. The zero-order chi connectivity index (χ0) is 16.1. The molecular weight excluding hydrogens is 372 g/mol. The highest BCUT2D eigenvalue weighted by molar-refractivity contribution is 9.10. The van der Waals surface area contributed by atoms with E-state index in [-0.39, 0.29) is 0 Å². The lowest BCUT2D eigenvalue weighted by Crippen LogP contribution is -2.12. The summed E-state index contributed by atoms with van der Waals surface area (Å²) in [5.74, 6) is 0. The second-order valence-corrected chi connectivity index (χ2v) is 6.39. The quantitative estimate of drug-likeness (QED) is 0.502. The molecule has 0 atom stereocenters. The molecule has 2 heterocycles. The number of hydrogen-bond acceptors (Lipinski definition) is 3. The van der Waals surface area contributed by atoms with Crippen molar-refractivity contribution in [3.05, 3.63) is 75.6 Å². The Hall–Kier alpha value is -2.18. The van der Waals surface area contributed by atoms with Crippen molar-refractivity contribution in [1.29, 1.82) is 0 Å². The van der Waals surface area contributed by atoms with Crippen LogP contribution in [0.25, 0.3) is 11.3 Å². The molecule has 6 heteroatoms. The average Bonchev–Trinajstić information content (AvgIpc) is 3.21. The third-order valence-electron chi connectivity index (χ3n) is 3.13. The topological polar surface area (TPSA) is 45.4 Å². The van der Waals surface area contributed by atoms with Crippen LogP contribution in [0.2, 0.25) is 0 Å². The minimum Gasteiger partial charge on any atom is -0.360 e. The lowest BCUT2D eigenvalue weighted by molar-refractivity contribution is 0.839. The van der Waals surface area contributed by atoms with Crippen molar-refractivity contribution in [2.45, 2.75) is 0 Å². The number of rotatable bonds is 5. The molecular formula is C17H15BrN4S. The van der Waals surface area contributed by atoms with Crippen molar-refractivity contribution in [1.82, 2.24) is 9.66 Å². The van der Waals surface area contributed by atoms with Crippen molar-refractivity contribution < 1.29 is 0 Å². The predicted octanol–water partition coefficient (Wildman–Crippen LogP) is 4.28. The molecule has 0 bridgehead atoms. The number of nitrogens with zero attached hydrogens (tertiary/aromatic N) is 3. The minimum atomic E-state index is 0.563. The van der Waals surface area contributed by atoms with Crippen LogP contribution in [0.5, 0.6) is 0 Å². The predicted molar refractivity (Wildman–Crippen MR) is 99.9 cm³/mol. The number of aromatic nitrogens is 2. The summed E-state index contributed by atoms with van der Waals surface area (Å²) in [7, 11) is 0. The first-order valence-electron chi connectivity index (χ1n) is 7.04. The van der Waals surface area contributed by atoms with Gasteiger partial charge in [-0.15, -0.1) is 17.9 Å². The molecule has 4 nitrogen and oxygen atoms in total. The molecule has 3 rings (SSSR count).